The lowest BCUT2D eigenvalue weighted by Crippen LogP contribution is -2.04. The third-order valence-electron chi connectivity index (χ3n) is 3.05. The molecule has 112 valence electrons. The van der Waals surface area contributed by atoms with Gasteiger partial charge >= 0.3 is 0 Å². The number of methoxy groups -OCH3 is 3. The van der Waals surface area contributed by atoms with Crippen molar-refractivity contribution in [3.63, 3.8) is 0 Å². The van der Waals surface area contributed by atoms with Crippen LogP contribution in [0.25, 0.3) is 0 Å². The van der Waals surface area contributed by atoms with Crippen LogP contribution in [0.5, 0.6) is 17.4 Å². The predicted molar refractivity (Wildman–Crippen MR) is 82.1 cm³/mol. The van der Waals surface area contributed by atoms with Gasteiger partial charge in [0.15, 0.2) is 11.5 Å². The molecular formula is C15H19N3O3. The number of pyridine rings is 1. The number of hydrogen-bond donors (Lipinski definition) is 2. The lowest BCUT2D eigenvalue weighted by atomic mass is 10.2. The Morgan fingerprint density at radius 2 is 1.76 bits per heavy atom. The standard InChI is InChI=1S/C15H19N3O3/c1-19-13-7-11(16)12(8-14(13)20-2)18-9-10-4-5-17-15(6-10)21-3/h4-8,18H,9,16H2,1-3H3. The highest BCUT2D eigenvalue weighted by Gasteiger charge is 2.09. The zero-order valence-corrected chi connectivity index (χ0v) is 12.3. The number of nitrogens with two attached hydrogens (primary N) is 1. The molecule has 6 heteroatoms. The van der Waals surface area contributed by atoms with Crippen molar-refractivity contribution in [2.75, 3.05) is 32.4 Å². The molecule has 0 spiro atoms. The second kappa shape index (κ2) is 6.69. The molecule has 0 aliphatic heterocycles. The number of nitrogen functional groups attached to an aromatic ring is 1. The van der Waals surface area contributed by atoms with E-state index in [0.29, 0.717) is 29.6 Å². The Kier molecular flexibility index (Phi) is 4.71. The van der Waals surface area contributed by atoms with Crippen molar-refractivity contribution in [3.8, 4) is 17.4 Å². The summed E-state index contributed by atoms with van der Waals surface area (Å²) in [7, 11) is 4.76. The number of nitrogens with zero attached hydrogens (tertiary/aromatic N) is 1. The molecule has 0 fully saturated rings. The van der Waals surface area contributed by atoms with Gasteiger partial charge < -0.3 is 25.3 Å². The highest BCUT2D eigenvalue weighted by Crippen LogP contribution is 2.35. The minimum absolute atomic E-state index is 0.578. The van der Waals surface area contributed by atoms with Crippen LogP contribution in [-0.2, 0) is 6.54 Å². The highest BCUT2D eigenvalue weighted by atomic mass is 16.5. The molecule has 1 heterocycles. The Morgan fingerprint density at radius 3 is 2.43 bits per heavy atom. The Balaban J connectivity index is 2.15. The fourth-order valence-electron chi connectivity index (χ4n) is 1.92. The van der Waals surface area contributed by atoms with Crippen LogP contribution in [0.15, 0.2) is 30.5 Å². The van der Waals surface area contributed by atoms with Crippen LogP contribution in [0, 0.1) is 0 Å². The SMILES string of the molecule is COc1cc(CNc2cc(OC)c(OC)cc2N)ccn1. The maximum atomic E-state index is 6.01. The van der Waals surface area contributed by atoms with Crippen molar-refractivity contribution in [2.24, 2.45) is 0 Å². The Bertz CT molecular complexity index is 617. The molecule has 6 nitrogen and oxygen atoms in total. The lowest BCUT2D eigenvalue weighted by molar-refractivity contribution is 0.355. The first-order valence-electron chi connectivity index (χ1n) is 6.42. The molecule has 1 aromatic heterocycles. The first-order chi connectivity index (χ1) is 10.2. The summed E-state index contributed by atoms with van der Waals surface area (Å²) in [6.45, 7) is 0.596. The molecule has 2 rings (SSSR count). The molecular weight excluding hydrogens is 270 g/mol. The van der Waals surface area contributed by atoms with Gasteiger partial charge in [-0.05, 0) is 11.6 Å². The van der Waals surface area contributed by atoms with E-state index < -0.39 is 0 Å². The van der Waals surface area contributed by atoms with Gasteiger partial charge in [0, 0.05) is 30.9 Å². The van der Waals surface area contributed by atoms with Crippen LogP contribution in [0.3, 0.4) is 0 Å². The maximum Gasteiger partial charge on any atom is 0.213 e. The normalized spacial score (nSPS) is 10.0. The predicted octanol–water partition coefficient (Wildman–Crippen LogP) is 2.30. The van der Waals surface area contributed by atoms with E-state index in [4.69, 9.17) is 19.9 Å². The van der Waals surface area contributed by atoms with Crippen LogP contribution in [-0.4, -0.2) is 26.3 Å². The second-order valence-electron chi connectivity index (χ2n) is 4.35. The van der Waals surface area contributed by atoms with Crippen LogP contribution >= 0.6 is 0 Å². The average molecular weight is 289 g/mol. The van der Waals surface area contributed by atoms with Gasteiger partial charge in [-0.15, -0.1) is 0 Å². The van der Waals surface area contributed by atoms with Gasteiger partial charge in [0.2, 0.25) is 5.88 Å². The van der Waals surface area contributed by atoms with E-state index in [1.54, 1.807) is 33.6 Å². The van der Waals surface area contributed by atoms with Crippen molar-refractivity contribution < 1.29 is 14.2 Å². The summed E-state index contributed by atoms with van der Waals surface area (Å²) in [4.78, 5) is 4.07. The van der Waals surface area contributed by atoms with Crippen LogP contribution in [0.1, 0.15) is 5.56 Å². The van der Waals surface area contributed by atoms with Crippen LogP contribution < -0.4 is 25.3 Å². The minimum atomic E-state index is 0.578. The monoisotopic (exact) mass is 289 g/mol. The molecule has 3 N–H and O–H groups in total. The van der Waals surface area contributed by atoms with Crippen molar-refractivity contribution >= 4 is 11.4 Å². The van der Waals surface area contributed by atoms with E-state index >= 15 is 0 Å². The van der Waals surface area contributed by atoms with E-state index in [1.165, 1.54) is 0 Å². The van der Waals surface area contributed by atoms with Gasteiger partial charge in [-0.2, -0.15) is 0 Å². The summed E-state index contributed by atoms with van der Waals surface area (Å²) in [6.07, 6.45) is 1.70. The molecule has 0 amide bonds. The molecule has 0 radical (unpaired) electrons. The summed E-state index contributed by atoms with van der Waals surface area (Å²) in [5.74, 6) is 1.81. The molecule has 0 aliphatic carbocycles. The largest absolute Gasteiger partial charge is 0.493 e. The minimum Gasteiger partial charge on any atom is -0.493 e. The molecule has 0 saturated carbocycles. The molecule has 0 aliphatic rings. The Labute approximate surface area is 123 Å². The summed E-state index contributed by atoms with van der Waals surface area (Å²) in [5.41, 5.74) is 8.42. The summed E-state index contributed by atoms with van der Waals surface area (Å²) >= 11 is 0. The van der Waals surface area contributed by atoms with E-state index in [-0.39, 0.29) is 0 Å². The van der Waals surface area contributed by atoms with Crippen molar-refractivity contribution in [1.29, 1.82) is 0 Å². The average Bonchev–Trinajstić information content (AvgIpc) is 2.53. The first kappa shape index (κ1) is 14.8. The van der Waals surface area contributed by atoms with Crippen molar-refractivity contribution in [1.82, 2.24) is 4.98 Å². The Hall–Kier alpha value is -2.63. The number of ether oxygens (including phenoxy) is 3. The fourth-order valence-corrected chi connectivity index (χ4v) is 1.92. The second-order valence-corrected chi connectivity index (χ2v) is 4.35. The third-order valence-corrected chi connectivity index (χ3v) is 3.05. The molecule has 21 heavy (non-hydrogen) atoms. The van der Waals surface area contributed by atoms with Gasteiger partial charge in [0.05, 0.1) is 32.7 Å². The van der Waals surface area contributed by atoms with E-state index in [0.717, 1.165) is 11.3 Å². The molecule has 0 saturated heterocycles. The first-order valence-corrected chi connectivity index (χ1v) is 6.42. The number of rotatable bonds is 6. The van der Waals surface area contributed by atoms with Crippen molar-refractivity contribution in [3.05, 3.63) is 36.0 Å². The number of aromatic nitrogens is 1. The molecule has 0 unspecified atom stereocenters. The van der Waals surface area contributed by atoms with E-state index in [1.807, 2.05) is 18.2 Å². The zero-order valence-electron chi connectivity index (χ0n) is 12.3. The fraction of sp³-hybridized carbons (Fsp3) is 0.267. The topological polar surface area (TPSA) is 78.6 Å². The summed E-state index contributed by atoms with van der Waals surface area (Å²) < 4.78 is 15.6. The number of hydrogen-bond acceptors (Lipinski definition) is 6. The van der Waals surface area contributed by atoms with E-state index in [2.05, 4.69) is 10.3 Å². The summed E-state index contributed by atoms with van der Waals surface area (Å²) in [6, 6.07) is 7.32. The molecule has 2 aromatic rings. The summed E-state index contributed by atoms with van der Waals surface area (Å²) in [5, 5.41) is 3.26. The van der Waals surface area contributed by atoms with Gasteiger partial charge in [0.1, 0.15) is 0 Å². The smallest absolute Gasteiger partial charge is 0.213 e. The lowest BCUT2D eigenvalue weighted by Gasteiger charge is -2.14. The Morgan fingerprint density at radius 1 is 1.05 bits per heavy atom. The maximum absolute atomic E-state index is 6.01. The number of benzene rings is 1. The quantitative estimate of drug-likeness (QED) is 0.794. The number of nitrogens with one attached hydrogen (secondary N) is 1. The number of anilines is 2. The molecule has 1 aromatic carbocycles. The van der Waals surface area contributed by atoms with Crippen LogP contribution in [0.4, 0.5) is 11.4 Å². The molecule has 0 atom stereocenters. The van der Waals surface area contributed by atoms with Gasteiger partial charge in [0.25, 0.3) is 0 Å². The third kappa shape index (κ3) is 3.47. The zero-order chi connectivity index (χ0) is 15.2. The van der Waals surface area contributed by atoms with Gasteiger partial charge in [-0.1, -0.05) is 0 Å². The van der Waals surface area contributed by atoms with Crippen molar-refractivity contribution in [2.45, 2.75) is 6.54 Å². The van der Waals surface area contributed by atoms with Gasteiger partial charge in [-0.25, -0.2) is 4.98 Å². The highest BCUT2D eigenvalue weighted by molar-refractivity contribution is 5.72. The van der Waals surface area contributed by atoms with Gasteiger partial charge in [-0.3, -0.25) is 0 Å². The molecule has 0 bridgehead atoms. The van der Waals surface area contributed by atoms with E-state index in [9.17, 15) is 0 Å². The van der Waals surface area contributed by atoms with Crippen LogP contribution in [0.2, 0.25) is 0 Å².